The highest BCUT2D eigenvalue weighted by molar-refractivity contribution is 5.78. The molecule has 1 saturated heterocycles. The molecule has 5 nitrogen and oxygen atoms in total. The molecule has 4 rings (SSSR count). The molecule has 2 aliphatic rings. The minimum Gasteiger partial charge on any atom is -0.491 e. The Kier molecular flexibility index (Phi) is 7.17. The summed E-state index contributed by atoms with van der Waals surface area (Å²) < 4.78 is 5.86. The lowest BCUT2D eigenvalue weighted by molar-refractivity contribution is -0.134. The number of ether oxygens (including phenoxy) is 1. The molecular weight excluding hydrogens is 398 g/mol. The Hall–Kier alpha value is -2.37. The molecule has 0 aromatic heterocycles. The molecular formula is C27H37N3O2. The Morgan fingerprint density at radius 1 is 0.906 bits per heavy atom. The standard InChI is InChI=1S/C27H37N3O2/c1-20(2)29-12-14-30(15-13-29)27(31)19-28-11-10-24-16-23(8-9-25(24)18-28)22-6-5-7-26(17-22)32-21(3)4/h5-9,16-17,20-21H,10-15,18-19H2,1-4H3. The van der Waals surface area contributed by atoms with Crippen molar-refractivity contribution in [3.63, 3.8) is 0 Å². The van der Waals surface area contributed by atoms with E-state index < -0.39 is 0 Å². The zero-order valence-electron chi connectivity index (χ0n) is 20.0. The van der Waals surface area contributed by atoms with Crippen LogP contribution in [0.5, 0.6) is 5.75 Å². The third-order valence-corrected chi connectivity index (χ3v) is 6.59. The predicted molar refractivity (Wildman–Crippen MR) is 130 cm³/mol. The molecule has 1 fully saturated rings. The van der Waals surface area contributed by atoms with Crippen LogP contribution in [0.4, 0.5) is 0 Å². The topological polar surface area (TPSA) is 36.0 Å². The molecule has 2 heterocycles. The Morgan fingerprint density at radius 3 is 2.38 bits per heavy atom. The SMILES string of the molecule is CC(C)Oc1cccc(-c2ccc3c(c2)CCN(CC(=O)N2CCN(C(C)C)CC2)C3)c1. The number of rotatable bonds is 6. The Morgan fingerprint density at radius 2 is 1.66 bits per heavy atom. The molecule has 2 aliphatic heterocycles. The number of fused-ring (bicyclic) bond motifs is 1. The lowest BCUT2D eigenvalue weighted by Gasteiger charge is -2.38. The van der Waals surface area contributed by atoms with Gasteiger partial charge in [0.05, 0.1) is 12.6 Å². The van der Waals surface area contributed by atoms with Crippen LogP contribution in [0, 0.1) is 0 Å². The second kappa shape index (κ2) is 10.1. The fraction of sp³-hybridized carbons (Fsp3) is 0.519. The second-order valence-electron chi connectivity index (χ2n) is 9.65. The summed E-state index contributed by atoms with van der Waals surface area (Å²) in [6.07, 6.45) is 1.15. The van der Waals surface area contributed by atoms with Crippen molar-refractivity contribution in [3.8, 4) is 16.9 Å². The summed E-state index contributed by atoms with van der Waals surface area (Å²) in [6.45, 7) is 14.5. The zero-order valence-corrected chi connectivity index (χ0v) is 20.0. The number of carbonyl (C=O) groups excluding carboxylic acids is 1. The Balaban J connectivity index is 1.36. The minimum atomic E-state index is 0.168. The van der Waals surface area contributed by atoms with Crippen molar-refractivity contribution in [3.05, 3.63) is 53.6 Å². The summed E-state index contributed by atoms with van der Waals surface area (Å²) in [5.41, 5.74) is 5.15. The van der Waals surface area contributed by atoms with Crippen LogP contribution in [0.1, 0.15) is 38.8 Å². The van der Waals surface area contributed by atoms with Crippen LogP contribution in [0.15, 0.2) is 42.5 Å². The van der Waals surface area contributed by atoms with Crippen molar-refractivity contribution in [2.24, 2.45) is 0 Å². The molecule has 0 unspecified atom stereocenters. The van der Waals surface area contributed by atoms with Crippen LogP contribution in [-0.2, 0) is 17.8 Å². The van der Waals surface area contributed by atoms with Crippen LogP contribution in [0.25, 0.3) is 11.1 Å². The maximum Gasteiger partial charge on any atom is 0.236 e. The maximum atomic E-state index is 12.9. The normalized spacial score (nSPS) is 17.6. The molecule has 0 N–H and O–H groups in total. The van der Waals surface area contributed by atoms with E-state index in [4.69, 9.17) is 4.74 Å². The highest BCUT2D eigenvalue weighted by atomic mass is 16.5. The van der Waals surface area contributed by atoms with E-state index in [9.17, 15) is 4.79 Å². The van der Waals surface area contributed by atoms with Gasteiger partial charge in [-0.05, 0) is 68.5 Å². The third kappa shape index (κ3) is 5.51. The summed E-state index contributed by atoms with van der Waals surface area (Å²) in [5.74, 6) is 1.18. The molecule has 32 heavy (non-hydrogen) atoms. The summed E-state index contributed by atoms with van der Waals surface area (Å²) in [7, 11) is 0. The average Bonchev–Trinajstić information content (AvgIpc) is 2.78. The molecule has 0 bridgehead atoms. The van der Waals surface area contributed by atoms with E-state index in [1.54, 1.807) is 0 Å². The van der Waals surface area contributed by atoms with E-state index in [1.807, 2.05) is 24.8 Å². The van der Waals surface area contributed by atoms with E-state index in [-0.39, 0.29) is 12.0 Å². The Bertz CT molecular complexity index is 932. The maximum absolute atomic E-state index is 12.9. The lowest BCUT2D eigenvalue weighted by atomic mass is 9.94. The summed E-state index contributed by atoms with van der Waals surface area (Å²) >= 11 is 0. The largest absolute Gasteiger partial charge is 0.491 e. The molecule has 172 valence electrons. The van der Waals surface area contributed by atoms with Crippen LogP contribution in [-0.4, -0.2) is 72.0 Å². The first kappa shape index (κ1) is 22.8. The number of piperazine rings is 1. The van der Waals surface area contributed by atoms with Crippen molar-refractivity contribution in [1.82, 2.24) is 14.7 Å². The Labute approximate surface area is 193 Å². The number of benzene rings is 2. The van der Waals surface area contributed by atoms with Crippen molar-refractivity contribution in [1.29, 1.82) is 0 Å². The summed E-state index contributed by atoms with van der Waals surface area (Å²) in [5, 5.41) is 0. The predicted octanol–water partition coefficient (Wildman–Crippen LogP) is 4.05. The van der Waals surface area contributed by atoms with E-state index in [0.717, 1.165) is 51.4 Å². The van der Waals surface area contributed by atoms with Gasteiger partial charge >= 0.3 is 0 Å². The quantitative estimate of drug-likeness (QED) is 0.686. The fourth-order valence-corrected chi connectivity index (χ4v) is 4.73. The lowest BCUT2D eigenvalue weighted by Crippen LogP contribution is -2.53. The smallest absolute Gasteiger partial charge is 0.236 e. The molecule has 0 atom stereocenters. The van der Waals surface area contributed by atoms with Crippen LogP contribution in [0.3, 0.4) is 0 Å². The van der Waals surface area contributed by atoms with E-state index in [0.29, 0.717) is 12.6 Å². The van der Waals surface area contributed by atoms with Gasteiger partial charge in [-0.15, -0.1) is 0 Å². The van der Waals surface area contributed by atoms with E-state index >= 15 is 0 Å². The minimum absolute atomic E-state index is 0.168. The molecule has 2 aromatic carbocycles. The first-order valence-electron chi connectivity index (χ1n) is 12.0. The van der Waals surface area contributed by atoms with Crippen LogP contribution < -0.4 is 4.74 Å². The van der Waals surface area contributed by atoms with Crippen molar-refractivity contribution >= 4 is 5.91 Å². The van der Waals surface area contributed by atoms with Crippen LogP contribution >= 0.6 is 0 Å². The fourth-order valence-electron chi connectivity index (χ4n) is 4.73. The van der Waals surface area contributed by atoms with Crippen LogP contribution in [0.2, 0.25) is 0 Å². The first-order chi connectivity index (χ1) is 15.4. The van der Waals surface area contributed by atoms with Gasteiger partial charge in [0.1, 0.15) is 5.75 Å². The summed E-state index contributed by atoms with van der Waals surface area (Å²) in [6, 6.07) is 15.6. The molecule has 0 aliphatic carbocycles. The number of hydrogen-bond acceptors (Lipinski definition) is 4. The van der Waals surface area contributed by atoms with Gasteiger partial charge in [0.15, 0.2) is 0 Å². The van der Waals surface area contributed by atoms with E-state index in [1.165, 1.54) is 22.3 Å². The van der Waals surface area contributed by atoms with Gasteiger partial charge in [-0.1, -0.05) is 30.3 Å². The van der Waals surface area contributed by atoms with Crippen molar-refractivity contribution < 1.29 is 9.53 Å². The molecule has 1 amide bonds. The monoisotopic (exact) mass is 435 g/mol. The van der Waals surface area contributed by atoms with Crippen molar-refractivity contribution in [2.45, 2.75) is 52.8 Å². The molecule has 0 spiro atoms. The highest BCUT2D eigenvalue weighted by Crippen LogP contribution is 2.29. The van der Waals surface area contributed by atoms with Gasteiger partial charge < -0.3 is 9.64 Å². The summed E-state index contributed by atoms with van der Waals surface area (Å²) in [4.78, 5) is 19.7. The zero-order chi connectivity index (χ0) is 22.7. The van der Waals surface area contributed by atoms with E-state index in [2.05, 4.69) is 60.0 Å². The highest BCUT2D eigenvalue weighted by Gasteiger charge is 2.25. The molecule has 5 heteroatoms. The average molecular weight is 436 g/mol. The van der Waals surface area contributed by atoms with Gasteiger partial charge in [0.2, 0.25) is 5.91 Å². The number of amides is 1. The number of hydrogen-bond donors (Lipinski definition) is 0. The number of nitrogens with zero attached hydrogens (tertiary/aromatic N) is 3. The van der Waals surface area contributed by atoms with Gasteiger partial charge in [-0.2, -0.15) is 0 Å². The molecule has 0 saturated carbocycles. The second-order valence-corrected chi connectivity index (χ2v) is 9.65. The van der Waals surface area contributed by atoms with Gasteiger partial charge in [-0.25, -0.2) is 0 Å². The first-order valence-corrected chi connectivity index (χ1v) is 12.0. The third-order valence-electron chi connectivity index (χ3n) is 6.59. The van der Waals surface area contributed by atoms with Crippen molar-refractivity contribution in [2.75, 3.05) is 39.3 Å². The van der Waals surface area contributed by atoms with Gasteiger partial charge in [0.25, 0.3) is 0 Å². The number of carbonyl (C=O) groups is 1. The molecule has 2 aromatic rings. The molecule has 0 radical (unpaired) electrons. The van der Waals surface area contributed by atoms with Gasteiger partial charge in [0, 0.05) is 45.3 Å². The van der Waals surface area contributed by atoms with Gasteiger partial charge in [-0.3, -0.25) is 14.6 Å².